The number of carbonyl (C=O) groups excluding carboxylic acids is 2. The second kappa shape index (κ2) is 6.93. The average molecular weight is 307 g/mol. The zero-order valence-electron chi connectivity index (χ0n) is 12.5. The van der Waals surface area contributed by atoms with Gasteiger partial charge in [-0.1, -0.05) is 0 Å². The van der Waals surface area contributed by atoms with Gasteiger partial charge in [0.25, 0.3) is 5.91 Å². The predicted octanol–water partition coefficient (Wildman–Crippen LogP) is -0.0575. The van der Waals surface area contributed by atoms with Crippen molar-refractivity contribution < 1.29 is 18.7 Å². The van der Waals surface area contributed by atoms with Crippen molar-refractivity contribution >= 4 is 11.8 Å². The summed E-state index contributed by atoms with van der Waals surface area (Å²) in [6.45, 7) is 4.75. The van der Waals surface area contributed by atoms with E-state index in [0.717, 1.165) is 26.1 Å². The standard InChI is InChI=1S/C15H21N3O4/c19-14(13-2-1-9-22-13)16-4-6-18-5-3-12(15(18)20)17-7-10-21-11-8-17/h1-2,9,12H,3-8,10-11H2,(H,16,19). The van der Waals surface area contributed by atoms with Gasteiger partial charge in [0.2, 0.25) is 5.91 Å². The molecule has 1 N–H and O–H groups in total. The second-order valence-corrected chi connectivity index (χ2v) is 5.51. The summed E-state index contributed by atoms with van der Waals surface area (Å²) in [5.41, 5.74) is 0. The minimum Gasteiger partial charge on any atom is -0.459 e. The number of morpholine rings is 1. The lowest BCUT2D eigenvalue weighted by Gasteiger charge is -2.31. The fourth-order valence-electron chi connectivity index (χ4n) is 2.97. The highest BCUT2D eigenvalue weighted by Crippen LogP contribution is 2.18. The molecule has 1 unspecified atom stereocenters. The molecular weight excluding hydrogens is 286 g/mol. The van der Waals surface area contributed by atoms with E-state index in [4.69, 9.17) is 9.15 Å². The van der Waals surface area contributed by atoms with E-state index in [2.05, 4.69) is 10.2 Å². The van der Waals surface area contributed by atoms with Crippen LogP contribution in [0.15, 0.2) is 22.8 Å². The first-order valence-corrected chi connectivity index (χ1v) is 7.68. The first-order valence-electron chi connectivity index (χ1n) is 7.68. The van der Waals surface area contributed by atoms with Crippen LogP contribution in [0.4, 0.5) is 0 Å². The van der Waals surface area contributed by atoms with Crippen LogP contribution >= 0.6 is 0 Å². The number of likely N-dealkylation sites (tertiary alicyclic amines) is 1. The van der Waals surface area contributed by atoms with Gasteiger partial charge in [-0.25, -0.2) is 0 Å². The number of hydrogen-bond donors (Lipinski definition) is 1. The molecule has 1 aromatic rings. The molecule has 2 amide bonds. The Morgan fingerprint density at radius 1 is 1.32 bits per heavy atom. The highest BCUT2D eigenvalue weighted by molar-refractivity contribution is 5.91. The zero-order chi connectivity index (χ0) is 15.4. The van der Waals surface area contributed by atoms with Gasteiger partial charge in [0.1, 0.15) is 0 Å². The van der Waals surface area contributed by atoms with Crippen molar-refractivity contribution in [2.75, 3.05) is 45.9 Å². The largest absolute Gasteiger partial charge is 0.459 e. The smallest absolute Gasteiger partial charge is 0.287 e. The van der Waals surface area contributed by atoms with Gasteiger partial charge in [-0.15, -0.1) is 0 Å². The zero-order valence-corrected chi connectivity index (χ0v) is 12.5. The van der Waals surface area contributed by atoms with Gasteiger partial charge < -0.3 is 19.4 Å². The van der Waals surface area contributed by atoms with Crippen molar-refractivity contribution in [2.24, 2.45) is 0 Å². The van der Waals surface area contributed by atoms with Crippen LogP contribution < -0.4 is 5.32 Å². The van der Waals surface area contributed by atoms with E-state index in [1.54, 1.807) is 12.1 Å². The van der Waals surface area contributed by atoms with Gasteiger partial charge in [-0.3, -0.25) is 14.5 Å². The number of amides is 2. The Hall–Kier alpha value is -1.86. The van der Waals surface area contributed by atoms with E-state index in [-0.39, 0.29) is 17.9 Å². The maximum atomic E-state index is 12.4. The van der Waals surface area contributed by atoms with Crippen LogP contribution in [0.5, 0.6) is 0 Å². The minimum atomic E-state index is -0.249. The third kappa shape index (κ3) is 3.31. The Morgan fingerprint density at radius 3 is 2.86 bits per heavy atom. The Kier molecular flexibility index (Phi) is 4.74. The molecular formula is C15H21N3O4. The Balaban J connectivity index is 1.43. The van der Waals surface area contributed by atoms with Gasteiger partial charge in [-0.2, -0.15) is 0 Å². The lowest BCUT2D eigenvalue weighted by Crippen LogP contribution is -2.48. The van der Waals surface area contributed by atoms with E-state index in [1.165, 1.54) is 6.26 Å². The van der Waals surface area contributed by atoms with Crippen molar-refractivity contribution in [1.82, 2.24) is 15.1 Å². The van der Waals surface area contributed by atoms with Crippen LogP contribution in [0.25, 0.3) is 0 Å². The van der Waals surface area contributed by atoms with Gasteiger partial charge in [0, 0.05) is 32.7 Å². The molecule has 3 rings (SSSR count). The maximum Gasteiger partial charge on any atom is 0.287 e. The molecule has 120 valence electrons. The molecule has 0 aliphatic carbocycles. The number of rotatable bonds is 5. The SMILES string of the molecule is O=C(NCCN1CCC(N2CCOCC2)C1=O)c1ccco1. The predicted molar refractivity (Wildman–Crippen MR) is 78.4 cm³/mol. The van der Waals surface area contributed by atoms with Gasteiger partial charge in [-0.05, 0) is 18.6 Å². The van der Waals surface area contributed by atoms with E-state index in [0.29, 0.717) is 32.1 Å². The summed E-state index contributed by atoms with van der Waals surface area (Å²) in [6.07, 6.45) is 2.32. The fourth-order valence-corrected chi connectivity index (χ4v) is 2.97. The number of nitrogens with zero attached hydrogens (tertiary/aromatic N) is 2. The summed E-state index contributed by atoms with van der Waals surface area (Å²) in [4.78, 5) is 28.2. The molecule has 0 bridgehead atoms. The van der Waals surface area contributed by atoms with Crippen LogP contribution in [0.2, 0.25) is 0 Å². The molecule has 7 nitrogen and oxygen atoms in total. The topological polar surface area (TPSA) is 75.0 Å². The lowest BCUT2D eigenvalue weighted by molar-refractivity contribution is -0.133. The van der Waals surface area contributed by atoms with E-state index < -0.39 is 0 Å². The number of nitrogens with one attached hydrogen (secondary N) is 1. The fraction of sp³-hybridized carbons (Fsp3) is 0.600. The van der Waals surface area contributed by atoms with Gasteiger partial charge in [0.05, 0.1) is 25.5 Å². The normalized spacial score (nSPS) is 23.0. The number of hydrogen-bond acceptors (Lipinski definition) is 5. The van der Waals surface area contributed by atoms with Crippen LogP contribution in [0.1, 0.15) is 17.0 Å². The van der Waals surface area contributed by atoms with Crippen molar-refractivity contribution in [2.45, 2.75) is 12.5 Å². The van der Waals surface area contributed by atoms with E-state index in [9.17, 15) is 9.59 Å². The van der Waals surface area contributed by atoms with Crippen LogP contribution in [-0.2, 0) is 9.53 Å². The summed E-state index contributed by atoms with van der Waals surface area (Å²) in [6, 6.07) is 3.26. The molecule has 0 spiro atoms. The summed E-state index contributed by atoms with van der Waals surface area (Å²) in [5, 5.41) is 2.77. The Labute approximate surface area is 129 Å². The molecule has 7 heteroatoms. The van der Waals surface area contributed by atoms with Crippen molar-refractivity contribution in [3.05, 3.63) is 24.2 Å². The monoisotopic (exact) mass is 307 g/mol. The first kappa shape index (κ1) is 15.1. The lowest BCUT2D eigenvalue weighted by atomic mass is 10.2. The number of carbonyl (C=O) groups is 2. The Morgan fingerprint density at radius 2 is 2.14 bits per heavy atom. The molecule has 0 aromatic carbocycles. The highest BCUT2D eigenvalue weighted by atomic mass is 16.5. The quantitative estimate of drug-likeness (QED) is 0.825. The van der Waals surface area contributed by atoms with Crippen LogP contribution in [0, 0.1) is 0 Å². The van der Waals surface area contributed by atoms with Crippen LogP contribution in [-0.4, -0.2) is 73.6 Å². The first-order chi connectivity index (χ1) is 10.8. The average Bonchev–Trinajstić information content (AvgIpc) is 3.19. The number of ether oxygens (including phenoxy) is 1. The molecule has 0 radical (unpaired) electrons. The van der Waals surface area contributed by atoms with Crippen molar-refractivity contribution in [3.63, 3.8) is 0 Å². The second-order valence-electron chi connectivity index (χ2n) is 5.51. The highest BCUT2D eigenvalue weighted by Gasteiger charge is 2.36. The maximum absolute atomic E-state index is 12.4. The minimum absolute atomic E-state index is 0.0234. The van der Waals surface area contributed by atoms with Gasteiger partial charge >= 0.3 is 0 Å². The third-order valence-corrected chi connectivity index (χ3v) is 4.17. The molecule has 2 saturated heterocycles. The van der Waals surface area contributed by atoms with Gasteiger partial charge in [0.15, 0.2) is 5.76 Å². The summed E-state index contributed by atoms with van der Waals surface area (Å²) >= 11 is 0. The third-order valence-electron chi connectivity index (χ3n) is 4.17. The summed E-state index contributed by atoms with van der Waals surface area (Å²) in [5.74, 6) is 0.203. The van der Waals surface area contributed by atoms with E-state index in [1.807, 2.05) is 4.90 Å². The molecule has 2 aliphatic heterocycles. The molecule has 3 heterocycles. The molecule has 1 atom stereocenters. The van der Waals surface area contributed by atoms with Crippen LogP contribution in [0.3, 0.4) is 0 Å². The molecule has 0 saturated carbocycles. The molecule has 2 fully saturated rings. The summed E-state index contributed by atoms with van der Waals surface area (Å²) < 4.78 is 10.3. The molecule has 22 heavy (non-hydrogen) atoms. The van der Waals surface area contributed by atoms with E-state index >= 15 is 0 Å². The van der Waals surface area contributed by atoms with Crippen molar-refractivity contribution in [1.29, 1.82) is 0 Å². The molecule has 1 aromatic heterocycles. The molecule has 2 aliphatic rings. The number of furan rings is 1. The van der Waals surface area contributed by atoms with Crippen molar-refractivity contribution in [3.8, 4) is 0 Å². The summed E-state index contributed by atoms with van der Waals surface area (Å²) in [7, 11) is 0. The Bertz CT molecular complexity index is 511.